The first-order valence-electron chi connectivity index (χ1n) is 23.0. The van der Waals surface area contributed by atoms with E-state index in [9.17, 15) is 19.0 Å². The van der Waals surface area contributed by atoms with E-state index < -0.39 is 32.5 Å². The fourth-order valence-corrected chi connectivity index (χ4v) is 6.60. The van der Waals surface area contributed by atoms with Crippen molar-refractivity contribution in [2.45, 2.75) is 187 Å². The molecule has 0 fully saturated rings. The maximum absolute atomic E-state index is 12.7. The van der Waals surface area contributed by atoms with Crippen molar-refractivity contribution in [1.82, 2.24) is 0 Å². The van der Waals surface area contributed by atoms with Crippen molar-refractivity contribution in [3.05, 3.63) is 60.8 Å². The molecule has 0 rings (SSSR count). The smallest absolute Gasteiger partial charge is 0.306 e. The van der Waals surface area contributed by atoms with Gasteiger partial charge in [0.2, 0.25) is 0 Å². The third-order valence-electron chi connectivity index (χ3n) is 9.51. The molecular formula is C48H86NO8P. The number of carbonyl (C=O) groups excluding carboxylic acids is 2. The van der Waals surface area contributed by atoms with Gasteiger partial charge in [0.1, 0.15) is 19.8 Å². The summed E-state index contributed by atoms with van der Waals surface area (Å²) >= 11 is 0. The van der Waals surface area contributed by atoms with E-state index in [-0.39, 0.29) is 26.1 Å². The summed E-state index contributed by atoms with van der Waals surface area (Å²) < 4.78 is 33.9. The Kier molecular flexibility index (Phi) is 38.5. The standard InChI is InChI=1S/C48H86NO8P/c1-6-8-10-12-14-16-18-20-22-24-26-28-30-32-34-36-38-40-47(50)54-44-46(45-56-58(52,53)55-43-42-49(3,4)5)57-48(51)41-39-37-35-33-31-29-27-25-23-21-19-17-15-13-11-9-7-2/h14,16-17,19-20,22,26,28,32,34,46H,6-13,15,18,21,23-25,27,29-31,33,35-45H2,1-5H3/b16-14+,19-17+,22-20+,28-26+,34-32+/t46-/m1/s1. The van der Waals surface area contributed by atoms with Crippen LogP contribution in [0, 0.1) is 0 Å². The molecule has 0 amide bonds. The van der Waals surface area contributed by atoms with Gasteiger partial charge in [0.05, 0.1) is 27.7 Å². The van der Waals surface area contributed by atoms with Gasteiger partial charge in [0, 0.05) is 12.8 Å². The minimum Gasteiger partial charge on any atom is -0.756 e. The van der Waals surface area contributed by atoms with Crippen LogP contribution in [0.5, 0.6) is 0 Å². The lowest BCUT2D eigenvalue weighted by molar-refractivity contribution is -0.870. The molecule has 0 aromatic heterocycles. The van der Waals surface area contributed by atoms with E-state index in [1.165, 1.54) is 96.3 Å². The number of quaternary nitrogens is 1. The molecule has 0 aliphatic carbocycles. The fraction of sp³-hybridized carbons (Fsp3) is 0.750. The fourth-order valence-electron chi connectivity index (χ4n) is 5.88. The Morgan fingerprint density at radius 1 is 0.534 bits per heavy atom. The van der Waals surface area contributed by atoms with Gasteiger partial charge in [-0.2, -0.15) is 0 Å². The number of phosphoric acid groups is 1. The second-order valence-corrected chi connectivity index (χ2v) is 17.8. The van der Waals surface area contributed by atoms with Crippen LogP contribution in [0.2, 0.25) is 0 Å². The highest BCUT2D eigenvalue weighted by Gasteiger charge is 2.21. The lowest BCUT2D eigenvalue weighted by Gasteiger charge is -2.28. The van der Waals surface area contributed by atoms with Gasteiger partial charge >= 0.3 is 11.9 Å². The summed E-state index contributed by atoms with van der Waals surface area (Å²) in [6, 6.07) is 0. The Morgan fingerprint density at radius 2 is 0.948 bits per heavy atom. The molecule has 0 saturated heterocycles. The summed E-state index contributed by atoms with van der Waals surface area (Å²) in [6.07, 6.45) is 48.2. The molecule has 336 valence electrons. The highest BCUT2D eigenvalue weighted by atomic mass is 31.2. The predicted molar refractivity (Wildman–Crippen MR) is 240 cm³/mol. The summed E-state index contributed by atoms with van der Waals surface area (Å²) in [4.78, 5) is 37.6. The second-order valence-electron chi connectivity index (χ2n) is 16.4. The number of phosphoric ester groups is 1. The Balaban J connectivity index is 4.43. The van der Waals surface area contributed by atoms with Gasteiger partial charge in [-0.05, 0) is 77.0 Å². The van der Waals surface area contributed by atoms with Crippen molar-refractivity contribution in [3.8, 4) is 0 Å². The Hall–Kier alpha value is -2.29. The lowest BCUT2D eigenvalue weighted by Crippen LogP contribution is -2.37. The molecule has 0 N–H and O–H groups in total. The molecule has 2 atom stereocenters. The quantitative estimate of drug-likeness (QED) is 0.0197. The van der Waals surface area contributed by atoms with Crippen LogP contribution >= 0.6 is 7.82 Å². The highest BCUT2D eigenvalue weighted by Crippen LogP contribution is 2.38. The van der Waals surface area contributed by atoms with E-state index in [1.54, 1.807) is 0 Å². The Morgan fingerprint density at radius 3 is 1.48 bits per heavy atom. The summed E-state index contributed by atoms with van der Waals surface area (Å²) in [6.45, 7) is 4.12. The van der Waals surface area contributed by atoms with E-state index in [1.807, 2.05) is 21.1 Å². The van der Waals surface area contributed by atoms with Gasteiger partial charge in [-0.1, -0.05) is 152 Å². The number of rotatable bonds is 41. The minimum atomic E-state index is -4.64. The number of likely N-dealkylation sites (N-methyl/N-ethyl adjacent to an activating group) is 1. The molecule has 1 unspecified atom stereocenters. The van der Waals surface area contributed by atoms with Crippen molar-refractivity contribution in [2.24, 2.45) is 0 Å². The lowest BCUT2D eigenvalue weighted by atomic mass is 10.1. The first-order chi connectivity index (χ1) is 28.0. The molecule has 0 heterocycles. The SMILES string of the molecule is CCCCC/C=C/C/C=C/C/C=C/C/C=C/CCCC(=O)OC[C@H](COP(=O)([O-])OCC[N+](C)(C)C)OC(=O)CCCCCCCCCCC/C=C/CCCCCC. The van der Waals surface area contributed by atoms with Crippen molar-refractivity contribution in [2.75, 3.05) is 47.5 Å². The molecule has 10 heteroatoms. The summed E-state index contributed by atoms with van der Waals surface area (Å²) in [5.74, 6) is -0.904. The summed E-state index contributed by atoms with van der Waals surface area (Å²) in [5, 5.41) is 0. The molecule has 0 aromatic carbocycles. The highest BCUT2D eigenvalue weighted by molar-refractivity contribution is 7.45. The van der Waals surface area contributed by atoms with Crippen molar-refractivity contribution in [1.29, 1.82) is 0 Å². The van der Waals surface area contributed by atoms with Crippen LogP contribution in [-0.2, 0) is 32.7 Å². The maximum Gasteiger partial charge on any atom is 0.306 e. The molecule has 9 nitrogen and oxygen atoms in total. The predicted octanol–water partition coefficient (Wildman–Crippen LogP) is 12.6. The van der Waals surface area contributed by atoms with E-state index in [0.717, 1.165) is 44.9 Å². The number of hydrogen-bond acceptors (Lipinski definition) is 8. The van der Waals surface area contributed by atoms with Gasteiger partial charge in [0.25, 0.3) is 7.82 Å². The largest absolute Gasteiger partial charge is 0.756 e. The molecule has 0 spiro atoms. The number of esters is 2. The van der Waals surface area contributed by atoms with Crippen LogP contribution in [0.3, 0.4) is 0 Å². The van der Waals surface area contributed by atoms with E-state index in [4.69, 9.17) is 18.5 Å². The van der Waals surface area contributed by atoms with Gasteiger partial charge in [-0.15, -0.1) is 0 Å². The molecule has 0 aliphatic rings. The normalized spacial score (nSPS) is 14.1. The van der Waals surface area contributed by atoms with Gasteiger partial charge in [0.15, 0.2) is 6.10 Å². The third kappa shape index (κ3) is 43.3. The van der Waals surface area contributed by atoms with Crippen molar-refractivity contribution in [3.63, 3.8) is 0 Å². The van der Waals surface area contributed by atoms with Crippen LogP contribution in [0.25, 0.3) is 0 Å². The van der Waals surface area contributed by atoms with Crippen molar-refractivity contribution < 1.29 is 42.1 Å². The number of ether oxygens (including phenoxy) is 2. The topological polar surface area (TPSA) is 111 Å². The van der Waals surface area contributed by atoms with Crippen LogP contribution < -0.4 is 4.89 Å². The molecule has 0 bridgehead atoms. The average Bonchev–Trinajstić information content (AvgIpc) is 3.17. The van der Waals surface area contributed by atoms with Crippen LogP contribution in [0.15, 0.2) is 60.8 Å². The van der Waals surface area contributed by atoms with Gasteiger partial charge in [-0.3, -0.25) is 14.2 Å². The molecule has 0 saturated carbocycles. The Labute approximate surface area is 356 Å². The number of carbonyl (C=O) groups is 2. The minimum absolute atomic E-state index is 0.0416. The molecule has 0 aliphatic heterocycles. The van der Waals surface area contributed by atoms with E-state index in [0.29, 0.717) is 23.9 Å². The first kappa shape index (κ1) is 55.7. The number of unbranched alkanes of at least 4 members (excludes halogenated alkanes) is 17. The van der Waals surface area contributed by atoms with E-state index >= 15 is 0 Å². The average molecular weight is 836 g/mol. The maximum atomic E-state index is 12.7. The third-order valence-corrected chi connectivity index (χ3v) is 10.5. The summed E-state index contributed by atoms with van der Waals surface area (Å²) in [7, 11) is 1.13. The number of hydrogen-bond donors (Lipinski definition) is 0. The monoisotopic (exact) mass is 836 g/mol. The van der Waals surface area contributed by atoms with E-state index in [2.05, 4.69) is 74.6 Å². The zero-order chi connectivity index (χ0) is 42.8. The van der Waals surface area contributed by atoms with Crippen LogP contribution in [0.4, 0.5) is 0 Å². The number of nitrogens with zero attached hydrogens (tertiary/aromatic N) is 1. The van der Waals surface area contributed by atoms with Gasteiger partial charge < -0.3 is 27.9 Å². The number of allylic oxidation sites excluding steroid dienone is 10. The van der Waals surface area contributed by atoms with Gasteiger partial charge in [-0.25, -0.2) is 0 Å². The zero-order valence-electron chi connectivity index (χ0n) is 37.7. The molecule has 58 heavy (non-hydrogen) atoms. The van der Waals surface area contributed by atoms with Crippen molar-refractivity contribution >= 4 is 19.8 Å². The Bertz CT molecular complexity index is 1170. The second kappa shape index (κ2) is 40.1. The summed E-state index contributed by atoms with van der Waals surface area (Å²) in [5.41, 5.74) is 0. The molecule has 0 radical (unpaired) electrons. The van der Waals surface area contributed by atoms with Crippen LogP contribution in [-0.4, -0.2) is 70.0 Å². The van der Waals surface area contributed by atoms with Crippen LogP contribution in [0.1, 0.15) is 181 Å². The molecular weight excluding hydrogens is 750 g/mol. The molecule has 0 aromatic rings. The zero-order valence-corrected chi connectivity index (χ0v) is 38.6. The first-order valence-corrected chi connectivity index (χ1v) is 24.5.